The molecule has 0 radical (unpaired) electrons. The smallest absolute Gasteiger partial charge is 0.128 e. The zero-order valence-corrected chi connectivity index (χ0v) is 13.7. The van der Waals surface area contributed by atoms with Crippen LogP contribution in [-0.2, 0) is 13.1 Å². The molecular weight excluding hydrogens is 319 g/mol. The third-order valence-corrected chi connectivity index (χ3v) is 3.49. The highest BCUT2D eigenvalue weighted by molar-refractivity contribution is 9.10. The zero-order valence-electron chi connectivity index (χ0n) is 12.1. The summed E-state index contributed by atoms with van der Waals surface area (Å²) < 4.78 is 16.6. The van der Waals surface area contributed by atoms with E-state index in [0.717, 1.165) is 11.0 Å². The molecule has 108 valence electrons. The number of aromatic nitrogens is 1. The first-order chi connectivity index (χ1) is 9.33. The predicted octanol–water partition coefficient (Wildman–Crippen LogP) is 4.33. The van der Waals surface area contributed by atoms with Crippen molar-refractivity contribution in [3.8, 4) is 0 Å². The van der Waals surface area contributed by atoms with Crippen LogP contribution in [0.3, 0.4) is 0 Å². The van der Waals surface area contributed by atoms with Gasteiger partial charge in [-0.1, -0.05) is 15.9 Å². The van der Waals surface area contributed by atoms with Crippen molar-refractivity contribution in [2.24, 2.45) is 0 Å². The lowest BCUT2D eigenvalue weighted by Gasteiger charge is -2.19. The van der Waals surface area contributed by atoms with Gasteiger partial charge in [0.05, 0.1) is 0 Å². The number of nitrogens with zero attached hydrogens (tertiary/aromatic N) is 1. The van der Waals surface area contributed by atoms with Gasteiger partial charge in [0.25, 0.3) is 0 Å². The van der Waals surface area contributed by atoms with Crippen molar-refractivity contribution < 1.29 is 4.39 Å². The molecule has 1 N–H and O–H groups in total. The Morgan fingerprint density at radius 2 is 2.00 bits per heavy atom. The van der Waals surface area contributed by atoms with E-state index in [1.165, 1.54) is 11.6 Å². The fourth-order valence-corrected chi connectivity index (χ4v) is 2.33. The van der Waals surface area contributed by atoms with Crippen LogP contribution in [0.15, 0.2) is 41.1 Å². The van der Waals surface area contributed by atoms with Crippen LogP contribution < -0.4 is 5.32 Å². The summed E-state index contributed by atoms with van der Waals surface area (Å²) in [4.78, 5) is 0. The molecule has 0 spiro atoms. The van der Waals surface area contributed by atoms with Gasteiger partial charge in [-0.25, -0.2) is 4.39 Å². The Bertz CT molecular complexity index is 584. The van der Waals surface area contributed by atoms with Crippen LogP contribution in [0.2, 0.25) is 0 Å². The maximum absolute atomic E-state index is 13.7. The standard InChI is InChI=1S/C16H20BrFN2/c1-16(2,3)19-9-12-6-7-20(10-12)11-13-8-14(17)4-5-15(13)18/h4-8,10,19H,9,11H2,1-3H3. The van der Waals surface area contributed by atoms with Crippen LogP contribution in [0, 0.1) is 5.82 Å². The quantitative estimate of drug-likeness (QED) is 0.878. The van der Waals surface area contributed by atoms with E-state index in [9.17, 15) is 4.39 Å². The maximum Gasteiger partial charge on any atom is 0.128 e. The van der Waals surface area contributed by atoms with E-state index < -0.39 is 0 Å². The van der Waals surface area contributed by atoms with Crippen molar-refractivity contribution in [3.05, 3.63) is 58.1 Å². The Balaban J connectivity index is 2.04. The summed E-state index contributed by atoms with van der Waals surface area (Å²) in [5, 5.41) is 3.44. The molecule has 4 heteroatoms. The SMILES string of the molecule is CC(C)(C)NCc1ccn(Cc2cc(Br)ccc2F)c1. The van der Waals surface area contributed by atoms with Gasteiger partial charge in [0.2, 0.25) is 0 Å². The molecule has 2 aromatic rings. The first-order valence-electron chi connectivity index (χ1n) is 6.67. The van der Waals surface area contributed by atoms with Gasteiger partial charge in [0.15, 0.2) is 0 Å². The van der Waals surface area contributed by atoms with Crippen molar-refractivity contribution in [2.45, 2.75) is 39.4 Å². The lowest BCUT2D eigenvalue weighted by Crippen LogP contribution is -2.34. The van der Waals surface area contributed by atoms with Crippen molar-refractivity contribution >= 4 is 15.9 Å². The fraction of sp³-hybridized carbons (Fsp3) is 0.375. The first-order valence-corrected chi connectivity index (χ1v) is 7.46. The van der Waals surface area contributed by atoms with E-state index in [4.69, 9.17) is 0 Å². The summed E-state index contributed by atoms with van der Waals surface area (Å²) in [5.41, 5.74) is 1.99. The minimum atomic E-state index is -0.170. The van der Waals surface area contributed by atoms with E-state index in [2.05, 4.69) is 54.3 Å². The molecule has 2 rings (SSSR count). The monoisotopic (exact) mass is 338 g/mol. The van der Waals surface area contributed by atoms with Crippen LogP contribution in [0.25, 0.3) is 0 Å². The summed E-state index contributed by atoms with van der Waals surface area (Å²) in [5.74, 6) is -0.170. The van der Waals surface area contributed by atoms with Crippen LogP contribution in [0.1, 0.15) is 31.9 Å². The molecule has 0 unspecified atom stereocenters. The molecule has 1 heterocycles. The summed E-state index contributed by atoms with van der Waals surface area (Å²) in [6, 6.07) is 7.09. The lowest BCUT2D eigenvalue weighted by atomic mass is 10.1. The number of halogens is 2. The molecule has 1 aromatic carbocycles. The molecule has 0 fully saturated rings. The van der Waals surface area contributed by atoms with Crippen molar-refractivity contribution in [1.82, 2.24) is 9.88 Å². The summed E-state index contributed by atoms with van der Waals surface area (Å²) in [7, 11) is 0. The summed E-state index contributed by atoms with van der Waals surface area (Å²) in [6.45, 7) is 7.78. The van der Waals surface area contributed by atoms with Gasteiger partial charge >= 0.3 is 0 Å². The van der Waals surface area contributed by atoms with Crippen molar-refractivity contribution in [1.29, 1.82) is 0 Å². The molecule has 0 aliphatic heterocycles. The van der Waals surface area contributed by atoms with E-state index in [1.54, 1.807) is 6.07 Å². The highest BCUT2D eigenvalue weighted by atomic mass is 79.9. The third kappa shape index (κ3) is 4.46. The van der Waals surface area contributed by atoms with E-state index in [-0.39, 0.29) is 11.4 Å². The van der Waals surface area contributed by atoms with Gasteiger partial charge < -0.3 is 9.88 Å². The van der Waals surface area contributed by atoms with Crippen LogP contribution >= 0.6 is 15.9 Å². The Hall–Kier alpha value is -1.13. The molecule has 0 aliphatic rings. The van der Waals surface area contributed by atoms with Crippen LogP contribution in [-0.4, -0.2) is 10.1 Å². The Kier molecular flexibility index (Phi) is 4.66. The zero-order chi connectivity index (χ0) is 14.8. The molecule has 0 atom stereocenters. The fourth-order valence-electron chi connectivity index (χ4n) is 1.92. The number of rotatable bonds is 4. The number of benzene rings is 1. The van der Waals surface area contributed by atoms with E-state index in [0.29, 0.717) is 12.1 Å². The predicted molar refractivity (Wildman–Crippen MR) is 84.2 cm³/mol. The molecule has 0 amide bonds. The van der Waals surface area contributed by atoms with Gasteiger partial charge in [-0.05, 0) is 50.6 Å². The lowest BCUT2D eigenvalue weighted by molar-refractivity contribution is 0.424. The van der Waals surface area contributed by atoms with Gasteiger partial charge in [-0.3, -0.25) is 0 Å². The third-order valence-electron chi connectivity index (χ3n) is 3.00. The highest BCUT2D eigenvalue weighted by Gasteiger charge is 2.09. The molecule has 0 bridgehead atoms. The second-order valence-electron chi connectivity index (χ2n) is 6.03. The summed E-state index contributed by atoms with van der Waals surface area (Å²) >= 11 is 3.38. The van der Waals surface area contributed by atoms with E-state index >= 15 is 0 Å². The molecule has 0 saturated carbocycles. The Morgan fingerprint density at radius 1 is 1.25 bits per heavy atom. The molecule has 0 aliphatic carbocycles. The average molecular weight is 339 g/mol. The first kappa shape index (κ1) is 15.3. The molecule has 1 aromatic heterocycles. The molecule has 20 heavy (non-hydrogen) atoms. The topological polar surface area (TPSA) is 17.0 Å². The minimum absolute atomic E-state index is 0.0957. The number of hydrogen-bond acceptors (Lipinski definition) is 1. The Morgan fingerprint density at radius 3 is 2.70 bits per heavy atom. The molecular formula is C16H20BrFN2. The largest absolute Gasteiger partial charge is 0.349 e. The Labute approximate surface area is 128 Å². The van der Waals surface area contributed by atoms with Crippen molar-refractivity contribution in [3.63, 3.8) is 0 Å². The van der Waals surface area contributed by atoms with Gasteiger partial charge in [-0.15, -0.1) is 0 Å². The molecule has 0 saturated heterocycles. The van der Waals surface area contributed by atoms with Crippen LogP contribution in [0.4, 0.5) is 4.39 Å². The average Bonchev–Trinajstić information content (AvgIpc) is 2.78. The highest BCUT2D eigenvalue weighted by Crippen LogP contribution is 2.17. The second-order valence-corrected chi connectivity index (χ2v) is 6.95. The molecule has 2 nitrogen and oxygen atoms in total. The number of nitrogens with one attached hydrogen (secondary N) is 1. The van der Waals surface area contributed by atoms with Gasteiger partial charge in [0, 0.05) is 41.1 Å². The normalized spacial score (nSPS) is 11.8. The number of hydrogen-bond donors (Lipinski definition) is 1. The summed E-state index contributed by atoms with van der Waals surface area (Å²) in [6.07, 6.45) is 4.04. The minimum Gasteiger partial charge on any atom is -0.349 e. The van der Waals surface area contributed by atoms with Crippen molar-refractivity contribution in [2.75, 3.05) is 0 Å². The van der Waals surface area contributed by atoms with Crippen LogP contribution in [0.5, 0.6) is 0 Å². The van der Waals surface area contributed by atoms with E-state index in [1.807, 2.05) is 16.8 Å². The second kappa shape index (κ2) is 6.10. The maximum atomic E-state index is 13.7. The van der Waals surface area contributed by atoms with Gasteiger partial charge in [0.1, 0.15) is 5.82 Å². The van der Waals surface area contributed by atoms with Gasteiger partial charge in [-0.2, -0.15) is 0 Å².